The van der Waals surface area contributed by atoms with E-state index in [-0.39, 0.29) is 25.0 Å². The van der Waals surface area contributed by atoms with Crippen molar-refractivity contribution in [1.82, 2.24) is 0 Å². The highest BCUT2D eigenvalue weighted by molar-refractivity contribution is 5.99. The van der Waals surface area contributed by atoms with Gasteiger partial charge in [-0.05, 0) is 55.3 Å². The lowest BCUT2D eigenvalue weighted by atomic mass is 10.2. The summed E-state index contributed by atoms with van der Waals surface area (Å²) in [5.41, 5.74) is 3.52. The number of amides is 2. The van der Waals surface area contributed by atoms with Crippen molar-refractivity contribution in [3.05, 3.63) is 77.9 Å². The number of ether oxygens (including phenoxy) is 3. The van der Waals surface area contributed by atoms with E-state index >= 15 is 0 Å². The largest absolute Gasteiger partial charge is 0.492 e. The van der Waals surface area contributed by atoms with E-state index in [2.05, 4.69) is 12.2 Å². The molecule has 0 bridgehead atoms. The first-order chi connectivity index (χ1) is 16.5. The van der Waals surface area contributed by atoms with Gasteiger partial charge in [0, 0.05) is 11.8 Å². The molecular formula is C27H28N2O5. The van der Waals surface area contributed by atoms with E-state index < -0.39 is 0 Å². The average Bonchev–Trinajstić information content (AvgIpc) is 2.85. The second kappa shape index (κ2) is 10.7. The number of hydrogen-bond acceptors (Lipinski definition) is 5. The van der Waals surface area contributed by atoms with Gasteiger partial charge in [0.05, 0.1) is 12.2 Å². The topological polar surface area (TPSA) is 77.1 Å². The maximum Gasteiger partial charge on any atom is 0.265 e. The molecule has 4 rings (SSSR count). The summed E-state index contributed by atoms with van der Waals surface area (Å²) in [7, 11) is 0. The van der Waals surface area contributed by atoms with E-state index in [1.54, 1.807) is 23.1 Å². The van der Waals surface area contributed by atoms with Crippen LogP contribution >= 0.6 is 0 Å². The summed E-state index contributed by atoms with van der Waals surface area (Å²) in [5.74, 6) is 1.53. The standard InChI is InChI=1S/C27H28N2O5/c1-3-20-5-4-6-23(15-20)33-17-26(30)28-21-9-12-24-25(16-21)34-18-27(31)29(24)13-14-32-22-10-7-19(2)8-11-22/h4-12,15-16H,3,13-14,17-18H2,1-2H3,(H,28,30). The summed E-state index contributed by atoms with van der Waals surface area (Å²) < 4.78 is 17.0. The molecule has 0 saturated carbocycles. The fraction of sp³-hybridized carbons (Fsp3) is 0.259. The number of nitrogens with zero attached hydrogens (tertiary/aromatic N) is 1. The highest BCUT2D eigenvalue weighted by Crippen LogP contribution is 2.34. The van der Waals surface area contributed by atoms with Crippen molar-refractivity contribution in [3.8, 4) is 17.2 Å². The summed E-state index contributed by atoms with van der Waals surface area (Å²) >= 11 is 0. The number of nitrogens with one attached hydrogen (secondary N) is 1. The average molecular weight is 461 g/mol. The van der Waals surface area contributed by atoms with Crippen LogP contribution < -0.4 is 24.4 Å². The van der Waals surface area contributed by atoms with Gasteiger partial charge >= 0.3 is 0 Å². The smallest absolute Gasteiger partial charge is 0.265 e. The highest BCUT2D eigenvalue weighted by atomic mass is 16.5. The molecule has 1 heterocycles. The zero-order valence-corrected chi connectivity index (χ0v) is 19.4. The fourth-order valence-electron chi connectivity index (χ4n) is 3.62. The molecular weight excluding hydrogens is 432 g/mol. The third-order valence-electron chi connectivity index (χ3n) is 5.47. The van der Waals surface area contributed by atoms with Gasteiger partial charge in [-0.15, -0.1) is 0 Å². The van der Waals surface area contributed by atoms with E-state index in [1.807, 2.05) is 55.5 Å². The van der Waals surface area contributed by atoms with Crippen molar-refractivity contribution in [2.24, 2.45) is 0 Å². The first-order valence-corrected chi connectivity index (χ1v) is 11.3. The molecule has 34 heavy (non-hydrogen) atoms. The molecule has 0 aliphatic carbocycles. The number of benzene rings is 3. The number of aryl methyl sites for hydroxylation is 2. The predicted molar refractivity (Wildman–Crippen MR) is 131 cm³/mol. The van der Waals surface area contributed by atoms with Gasteiger partial charge in [0.2, 0.25) is 0 Å². The Balaban J connectivity index is 1.34. The Labute approximate surface area is 199 Å². The lowest BCUT2D eigenvalue weighted by Crippen LogP contribution is -2.41. The molecule has 1 aliphatic heterocycles. The van der Waals surface area contributed by atoms with Gasteiger partial charge in [-0.2, -0.15) is 0 Å². The molecule has 1 N–H and O–H groups in total. The molecule has 0 unspecified atom stereocenters. The van der Waals surface area contributed by atoms with Crippen LogP contribution in [0.15, 0.2) is 66.7 Å². The van der Waals surface area contributed by atoms with Crippen LogP contribution in [0.25, 0.3) is 0 Å². The van der Waals surface area contributed by atoms with Gasteiger partial charge in [0.15, 0.2) is 13.2 Å². The van der Waals surface area contributed by atoms with E-state index in [1.165, 1.54) is 0 Å². The lowest BCUT2D eigenvalue weighted by Gasteiger charge is -2.29. The maximum atomic E-state index is 12.4. The first-order valence-electron chi connectivity index (χ1n) is 11.3. The number of rotatable bonds is 9. The SMILES string of the molecule is CCc1cccc(OCC(=O)Nc2ccc3c(c2)OCC(=O)N3CCOc2ccc(C)cc2)c1. The fourth-order valence-corrected chi connectivity index (χ4v) is 3.62. The molecule has 0 saturated heterocycles. The zero-order chi connectivity index (χ0) is 23.9. The van der Waals surface area contributed by atoms with Crippen LogP contribution in [0.4, 0.5) is 11.4 Å². The molecule has 1 aliphatic rings. The minimum Gasteiger partial charge on any atom is -0.492 e. The number of carbonyl (C=O) groups excluding carboxylic acids is 2. The first kappa shape index (κ1) is 23.2. The summed E-state index contributed by atoms with van der Waals surface area (Å²) in [5, 5.41) is 2.81. The normalized spacial score (nSPS) is 12.5. The second-order valence-corrected chi connectivity index (χ2v) is 8.02. The molecule has 0 fully saturated rings. The molecule has 176 valence electrons. The Bertz CT molecular complexity index is 1160. The van der Waals surface area contributed by atoms with Gasteiger partial charge in [-0.1, -0.05) is 36.8 Å². The van der Waals surface area contributed by atoms with Crippen molar-refractivity contribution in [2.75, 3.05) is 36.6 Å². The quantitative estimate of drug-likeness (QED) is 0.513. The van der Waals surface area contributed by atoms with E-state index in [9.17, 15) is 9.59 Å². The van der Waals surface area contributed by atoms with Gasteiger partial charge in [-0.25, -0.2) is 0 Å². The Morgan fingerprint density at radius 3 is 2.65 bits per heavy atom. The minimum atomic E-state index is -0.280. The van der Waals surface area contributed by atoms with Crippen LogP contribution in [0.1, 0.15) is 18.1 Å². The minimum absolute atomic E-state index is 0.0637. The molecule has 3 aromatic rings. The predicted octanol–water partition coefficient (Wildman–Crippen LogP) is 4.38. The van der Waals surface area contributed by atoms with Crippen molar-refractivity contribution in [1.29, 1.82) is 0 Å². The number of anilines is 2. The van der Waals surface area contributed by atoms with Crippen molar-refractivity contribution in [2.45, 2.75) is 20.3 Å². The van der Waals surface area contributed by atoms with E-state index in [0.717, 1.165) is 23.3 Å². The van der Waals surface area contributed by atoms with Crippen LogP contribution in [0.3, 0.4) is 0 Å². The Morgan fingerprint density at radius 1 is 1.03 bits per heavy atom. The van der Waals surface area contributed by atoms with Crippen LogP contribution in [0.2, 0.25) is 0 Å². The van der Waals surface area contributed by atoms with Crippen LogP contribution in [-0.2, 0) is 16.0 Å². The van der Waals surface area contributed by atoms with Gasteiger partial charge in [0.25, 0.3) is 11.8 Å². The van der Waals surface area contributed by atoms with Gasteiger partial charge in [0.1, 0.15) is 23.9 Å². The summed E-state index contributed by atoms with van der Waals surface area (Å²) in [4.78, 5) is 26.4. The molecule has 7 heteroatoms. The lowest BCUT2D eigenvalue weighted by molar-refractivity contribution is -0.121. The van der Waals surface area contributed by atoms with Crippen molar-refractivity contribution < 1.29 is 23.8 Å². The van der Waals surface area contributed by atoms with Crippen molar-refractivity contribution >= 4 is 23.2 Å². The monoisotopic (exact) mass is 460 g/mol. The number of fused-ring (bicyclic) bond motifs is 1. The second-order valence-electron chi connectivity index (χ2n) is 8.02. The summed E-state index contributed by atoms with van der Waals surface area (Å²) in [6.07, 6.45) is 0.899. The molecule has 7 nitrogen and oxygen atoms in total. The highest BCUT2D eigenvalue weighted by Gasteiger charge is 2.25. The molecule has 0 radical (unpaired) electrons. The van der Waals surface area contributed by atoms with Crippen molar-refractivity contribution in [3.63, 3.8) is 0 Å². The molecule has 0 atom stereocenters. The summed E-state index contributed by atoms with van der Waals surface area (Å²) in [6, 6.07) is 20.7. The number of hydrogen-bond donors (Lipinski definition) is 1. The molecule has 3 aromatic carbocycles. The molecule has 2 amide bonds. The third kappa shape index (κ3) is 5.86. The van der Waals surface area contributed by atoms with Gasteiger partial charge in [-0.3, -0.25) is 9.59 Å². The van der Waals surface area contributed by atoms with E-state index in [0.29, 0.717) is 36.0 Å². The van der Waals surface area contributed by atoms with Crippen LogP contribution in [0, 0.1) is 6.92 Å². The Morgan fingerprint density at radius 2 is 1.85 bits per heavy atom. The van der Waals surface area contributed by atoms with E-state index in [4.69, 9.17) is 14.2 Å². The Kier molecular flexibility index (Phi) is 7.32. The third-order valence-corrected chi connectivity index (χ3v) is 5.47. The molecule has 0 aromatic heterocycles. The summed E-state index contributed by atoms with van der Waals surface area (Å²) in [6.45, 7) is 4.65. The zero-order valence-electron chi connectivity index (χ0n) is 19.4. The van der Waals surface area contributed by atoms with Crippen LogP contribution in [0.5, 0.6) is 17.2 Å². The number of carbonyl (C=O) groups is 2. The van der Waals surface area contributed by atoms with Crippen LogP contribution in [-0.4, -0.2) is 38.2 Å². The van der Waals surface area contributed by atoms with Gasteiger partial charge < -0.3 is 24.4 Å². The maximum absolute atomic E-state index is 12.4. The molecule has 0 spiro atoms. The Hall–Kier alpha value is -4.00.